The molecule has 0 fully saturated rings. The number of hydrogen-bond donors (Lipinski definition) is 1. The van der Waals surface area contributed by atoms with Gasteiger partial charge in [0, 0.05) is 17.8 Å². The largest absolute Gasteiger partial charge is 0.350 e. The number of halogens is 1. The number of fused-ring (bicyclic) bond motifs is 3. The van der Waals surface area contributed by atoms with E-state index in [4.69, 9.17) is 11.6 Å². The normalized spacial score (nSPS) is 11.2. The number of carbonyl (C=O) groups excluding carboxylic acids is 1. The van der Waals surface area contributed by atoms with Crippen molar-refractivity contribution in [3.8, 4) is 0 Å². The molecular formula is C19H16ClN5O2. The summed E-state index contributed by atoms with van der Waals surface area (Å²) in [5.74, 6) is -0.289. The maximum Gasteiger partial charge on any atom is 0.277 e. The first-order valence-corrected chi connectivity index (χ1v) is 8.76. The quantitative estimate of drug-likeness (QED) is 0.588. The van der Waals surface area contributed by atoms with Crippen molar-refractivity contribution in [3.63, 3.8) is 0 Å². The number of nitrogens with one attached hydrogen (secondary N) is 1. The van der Waals surface area contributed by atoms with Crippen LogP contribution in [0.4, 0.5) is 0 Å². The molecule has 3 heterocycles. The van der Waals surface area contributed by atoms with Gasteiger partial charge in [-0.1, -0.05) is 29.8 Å². The van der Waals surface area contributed by atoms with E-state index in [0.29, 0.717) is 27.4 Å². The Morgan fingerprint density at radius 3 is 2.81 bits per heavy atom. The summed E-state index contributed by atoms with van der Waals surface area (Å²) in [6.45, 7) is 1.98. The second-order valence-corrected chi connectivity index (χ2v) is 6.60. The maximum atomic E-state index is 12.9. The number of nitrogens with zero attached hydrogens (tertiary/aromatic N) is 4. The highest BCUT2D eigenvalue weighted by Gasteiger charge is 2.15. The van der Waals surface area contributed by atoms with Crippen LogP contribution >= 0.6 is 11.6 Å². The first-order valence-electron chi connectivity index (χ1n) is 8.38. The van der Waals surface area contributed by atoms with E-state index in [0.717, 1.165) is 5.56 Å². The number of carbonyl (C=O) groups is 1. The highest BCUT2D eigenvalue weighted by molar-refractivity contribution is 6.31. The SMILES string of the molecule is Cc1cc2c(=O)n(CC(=O)NCc3ccccc3Cl)c3cccnc3n2n1. The molecule has 1 N–H and O–H groups in total. The van der Waals surface area contributed by atoms with Gasteiger partial charge in [0.25, 0.3) is 5.56 Å². The molecule has 7 nitrogen and oxygen atoms in total. The van der Waals surface area contributed by atoms with Crippen LogP contribution in [0.15, 0.2) is 53.5 Å². The van der Waals surface area contributed by atoms with Crippen molar-refractivity contribution >= 4 is 34.2 Å². The molecule has 0 aliphatic heterocycles. The van der Waals surface area contributed by atoms with Crippen molar-refractivity contribution in [2.75, 3.05) is 0 Å². The van der Waals surface area contributed by atoms with Crippen molar-refractivity contribution in [2.24, 2.45) is 0 Å². The van der Waals surface area contributed by atoms with Gasteiger partial charge in [0.05, 0.1) is 11.2 Å². The number of hydrogen-bond acceptors (Lipinski definition) is 4. The zero-order valence-electron chi connectivity index (χ0n) is 14.5. The molecule has 4 rings (SSSR count). The third-order valence-corrected chi connectivity index (χ3v) is 4.66. The molecule has 1 amide bonds. The van der Waals surface area contributed by atoms with E-state index in [-0.39, 0.29) is 24.6 Å². The number of rotatable bonds is 4. The molecule has 0 saturated carbocycles. The van der Waals surface area contributed by atoms with Gasteiger partial charge in [-0.15, -0.1) is 0 Å². The molecule has 0 unspecified atom stereocenters. The van der Waals surface area contributed by atoms with E-state index in [2.05, 4.69) is 15.4 Å². The number of aryl methyl sites for hydroxylation is 1. The third kappa shape index (κ3) is 3.17. The van der Waals surface area contributed by atoms with Crippen LogP contribution in [0, 0.1) is 6.92 Å². The number of benzene rings is 1. The molecular weight excluding hydrogens is 366 g/mol. The fourth-order valence-corrected chi connectivity index (χ4v) is 3.22. The molecule has 27 heavy (non-hydrogen) atoms. The molecule has 0 atom stereocenters. The summed E-state index contributed by atoms with van der Waals surface area (Å²) in [5.41, 5.74) is 2.69. The van der Waals surface area contributed by atoms with E-state index in [1.165, 1.54) is 9.08 Å². The van der Waals surface area contributed by atoms with Crippen LogP contribution in [-0.2, 0) is 17.9 Å². The fourth-order valence-electron chi connectivity index (χ4n) is 3.02. The number of aromatic nitrogens is 4. The predicted molar refractivity (Wildman–Crippen MR) is 103 cm³/mol. The molecule has 0 aliphatic carbocycles. The Morgan fingerprint density at radius 1 is 1.19 bits per heavy atom. The molecule has 3 aromatic heterocycles. The Labute approximate surface area is 159 Å². The first kappa shape index (κ1) is 17.2. The van der Waals surface area contributed by atoms with Crippen LogP contribution in [-0.4, -0.2) is 25.1 Å². The van der Waals surface area contributed by atoms with Gasteiger partial charge in [-0.05, 0) is 36.8 Å². The van der Waals surface area contributed by atoms with Gasteiger partial charge in [0.1, 0.15) is 12.1 Å². The summed E-state index contributed by atoms with van der Waals surface area (Å²) in [4.78, 5) is 29.7. The van der Waals surface area contributed by atoms with Gasteiger partial charge in [-0.3, -0.25) is 14.2 Å². The van der Waals surface area contributed by atoms with Crippen molar-refractivity contribution < 1.29 is 4.79 Å². The molecule has 4 aromatic rings. The average Bonchev–Trinajstić information content (AvgIpc) is 3.06. The van der Waals surface area contributed by atoms with Gasteiger partial charge >= 0.3 is 0 Å². The van der Waals surface area contributed by atoms with E-state index < -0.39 is 0 Å². The molecule has 0 spiro atoms. The minimum absolute atomic E-state index is 0.119. The summed E-state index contributed by atoms with van der Waals surface area (Å²) in [5, 5.41) is 7.73. The Hall–Kier alpha value is -3.19. The highest BCUT2D eigenvalue weighted by Crippen LogP contribution is 2.15. The van der Waals surface area contributed by atoms with Crippen LogP contribution in [0.1, 0.15) is 11.3 Å². The minimum Gasteiger partial charge on any atom is -0.350 e. The Kier molecular flexibility index (Phi) is 4.37. The fraction of sp³-hybridized carbons (Fsp3) is 0.158. The zero-order valence-corrected chi connectivity index (χ0v) is 15.3. The Balaban J connectivity index is 1.68. The van der Waals surface area contributed by atoms with Gasteiger partial charge in [0.15, 0.2) is 5.65 Å². The lowest BCUT2D eigenvalue weighted by molar-refractivity contribution is -0.121. The maximum absolute atomic E-state index is 12.9. The van der Waals surface area contributed by atoms with Gasteiger partial charge in [-0.25, -0.2) is 9.50 Å². The molecule has 0 aliphatic rings. The smallest absolute Gasteiger partial charge is 0.277 e. The molecule has 0 radical (unpaired) electrons. The molecule has 136 valence electrons. The second-order valence-electron chi connectivity index (χ2n) is 6.19. The Morgan fingerprint density at radius 2 is 2.00 bits per heavy atom. The standard InChI is InChI=1S/C19H16ClN5O2/c1-12-9-16-19(27)24(15-7-4-8-21-18(15)25(16)23-12)11-17(26)22-10-13-5-2-3-6-14(13)20/h2-9H,10-11H2,1H3,(H,22,26). The molecule has 8 heteroatoms. The van der Waals surface area contributed by atoms with Crippen molar-refractivity contribution in [2.45, 2.75) is 20.0 Å². The van der Waals surface area contributed by atoms with Crippen LogP contribution in [0.2, 0.25) is 5.02 Å². The lowest BCUT2D eigenvalue weighted by atomic mass is 10.2. The first-order chi connectivity index (χ1) is 13.0. The lowest BCUT2D eigenvalue weighted by Crippen LogP contribution is -2.33. The van der Waals surface area contributed by atoms with Crippen LogP contribution in [0.5, 0.6) is 0 Å². The van der Waals surface area contributed by atoms with Crippen molar-refractivity contribution in [3.05, 3.63) is 75.3 Å². The van der Waals surface area contributed by atoms with Gasteiger partial charge in [-0.2, -0.15) is 5.10 Å². The average molecular weight is 382 g/mol. The van der Waals surface area contributed by atoms with Gasteiger partial charge < -0.3 is 5.32 Å². The summed E-state index contributed by atoms with van der Waals surface area (Å²) >= 11 is 6.11. The minimum atomic E-state index is -0.289. The molecule has 0 saturated heterocycles. The van der Waals surface area contributed by atoms with Crippen molar-refractivity contribution in [1.29, 1.82) is 0 Å². The third-order valence-electron chi connectivity index (χ3n) is 4.29. The van der Waals surface area contributed by atoms with Crippen LogP contribution < -0.4 is 10.9 Å². The van der Waals surface area contributed by atoms with Crippen LogP contribution in [0.3, 0.4) is 0 Å². The van der Waals surface area contributed by atoms with E-state index in [1.54, 1.807) is 30.5 Å². The highest BCUT2D eigenvalue weighted by atomic mass is 35.5. The summed E-state index contributed by atoms with van der Waals surface area (Å²) in [6, 6.07) is 12.5. The summed E-state index contributed by atoms with van der Waals surface area (Å²) in [7, 11) is 0. The lowest BCUT2D eigenvalue weighted by Gasteiger charge is -2.12. The topological polar surface area (TPSA) is 81.3 Å². The number of pyridine rings is 1. The summed E-state index contributed by atoms with van der Waals surface area (Å²) in [6.07, 6.45) is 1.63. The van der Waals surface area contributed by atoms with Crippen molar-refractivity contribution in [1.82, 2.24) is 24.5 Å². The van der Waals surface area contributed by atoms with Gasteiger partial charge in [0.2, 0.25) is 5.91 Å². The molecule has 0 bridgehead atoms. The Bertz CT molecular complexity index is 1230. The second kappa shape index (κ2) is 6.85. The number of amides is 1. The van der Waals surface area contributed by atoms with E-state index in [1.807, 2.05) is 25.1 Å². The molecule has 1 aromatic carbocycles. The summed E-state index contributed by atoms with van der Waals surface area (Å²) < 4.78 is 2.94. The zero-order chi connectivity index (χ0) is 19.0. The van der Waals surface area contributed by atoms with E-state index >= 15 is 0 Å². The van der Waals surface area contributed by atoms with Crippen LogP contribution in [0.25, 0.3) is 16.7 Å². The predicted octanol–water partition coefficient (Wildman–Crippen LogP) is 2.32. The monoisotopic (exact) mass is 381 g/mol. The van der Waals surface area contributed by atoms with E-state index in [9.17, 15) is 9.59 Å².